The molecule has 1 aromatic rings. The van der Waals surface area contributed by atoms with Gasteiger partial charge in [0, 0.05) is 12.6 Å². The molecule has 1 heterocycles. The van der Waals surface area contributed by atoms with E-state index in [1.54, 1.807) is 6.07 Å². The van der Waals surface area contributed by atoms with E-state index in [1.165, 1.54) is 37.7 Å². The van der Waals surface area contributed by atoms with Gasteiger partial charge in [0.1, 0.15) is 5.75 Å². The number of nitrogens with one attached hydrogen (secondary N) is 2. The molecule has 3 N–H and O–H groups in total. The normalized spacial score (nSPS) is 22.0. The Balaban J connectivity index is 1.76. The van der Waals surface area contributed by atoms with E-state index in [-0.39, 0.29) is 17.3 Å². The molecule has 1 unspecified atom stereocenters. The van der Waals surface area contributed by atoms with E-state index >= 15 is 0 Å². The van der Waals surface area contributed by atoms with Crippen LogP contribution in [0.5, 0.6) is 5.75 Å². The van der Waals surface area contributed by atoms with Gasteiger partial charge in [-0.3, -0.25) is 4.99 Å². The van der Waals surface area contributed by atoms with Crippen LogP contribution in [0.2, 0.25) is 0 Å². The maximum absolute atomic E-state index is 10.4. The maximum atomic E-state index is 10.4. The summed E-state index contributed by atoms with van der Waals surface area (Å²) >= 11 is 0. The summed E-state index contributed by atoms with van der Waals surface area (Å²) < 4.78 is 5.72. The van der Waals surface area contributed by atoms with Crippen LogP contribution < -0.4 is 10.6 Å². The van der Waals surface area contributed by atoms with Crippen LogP contribution in [0, 0.1) is 0 Å². The van der Waals surface area contributed by atoms with Crippen molar-refractivity contribution in [3.05, 3.63) is 23.8 Å². The van der Waals surface area contributed by atoms with E-state index in [9.17, 15) is 5.11 Å². The molecule has 150 valence electrons. The van der Waals surface area contributed by atoms with Gasteiger partial charge in [-0.2, -0.15) is 0 Å². The third-order valence-electron chi connectivity index (χ3n) is 5.54. The highest BCUT2D eigenvalue weighted by Gasteiger charge is 2.20. The lowest BCUT2D eigenvalue weighted by atomic mass is 9.87. The standard InChI is InChI=1S/C22H35N3O2/c1-22(2,3)16-11-12-20(26)19(14-16)25-21(23-15-18-10-7-13-27-18)24-17-8-5-4-6-9-17/h11-12,14,17-18,26H,4-10,13,15H2,1-3H3,(H2,23,24,25). The Morgan fingerprint density at radius 3 is 2.59 bits per heavy atom. The first-order valence-electron chi connectivity index (χ1n) is 10.4. The first-order valence-corrected chi connectivity index (χ1v) is 10.4. The Bertz CT molecular complexity index is 639. The van der Waals surface area contributed by atoms with E-state index in [2.05, 4.69) is 31.4 Å². The van der Waals surface area contributed by atoms with Gasteiger partial charge in [0.15, 0.2) is 5.96 Å². The minimum absolute atomic E-state index is 0.0237. The molecule has 3 rings (SSSR count). The highest BCUT2D eigenvalue weighted by atomic mass is 16.5. The van der Waals surface area contributed by atoms with Gasteiger partial charge in [0.25, 0.3) is 0 Å². The van der Waals surface area contributed by atoms with Gasteiger partial charge in [-0.25, -0.2) is 0 Å². The van der Waals surface area contributed by atoms with Crippen molar-refractivity contribution in [2.45, 2.75) is 83.3 Å². The van der Waals surface area contributed by atoms with E-state index in [1.807, 2.05) is 12.1 Å². The van der Waals surface area contributed by atoms with Crippen molar-refractivity contribution in [1.29, 1.82) is 0 Å². The van der Waals surface area contributed by atoms with Gasteiger partial charge in [0.05, 0.1) is 18.3 Å². The number of nitrogens with zero attached hydrogens (tertiary/aromatic N) is 1. The minimum atomic E-state index is 0.0237. The van der Waals surface area contributed by atoms with Crippen molar-refractivity contribution < 1.29 is 9.84 Å². The molecular weight excluding hydrogens is 338 g/mol. The van der Waals surface area contributed by atoms with Gasteiger partial charge < -0.3 is 20.5 Å². The molecule has 0 amide bonds. The number of aliphatic imine (C=N–C) groups is 1. The van der Waals surface area contributed by atoms with Crippen molar-refractivity contribution in [2.75, 3.05) is 18.5 Å². The lowest BCUT2D eigenvalue weighted by Crippen LogP contribution is -2.40. The summed E-state index contributed by atoms with van der Waals surface area (Å²) in [6.45, 7) is 8.02. The third kappa shape index (κ3) is 5.86. The summed E-state index contributed by atoms with van der Waals surface area (Å²) in [4.78, 5) is 4.79. The first kappa shape index (κ1) is 20.0. The average molecular weight is 374 g/mol. The molecule has 0 radical (unpaired) electrons. The highest BCUT2D eigenvalue weighted by Crippen LogP contribution is 2.30. The number of rotatable bonds is 4. The van der Waals surface area contributed by atoms with Crippen LogP contribution in [-0.4, -0.2) is 36.4 Å². The molecule has 2 fully saturated rings. The van der Waals surface area contributed by atoms with Gasteiger partial charge in [-0.05, 0) is 48.8 Å². The number of hydrogen-bond acceptors (Lipinski definition) is 3. The highest BCUT2D eigenvalue weighted by molar-refractivity contribution is 5.95. The predicted molar refractivity (Wildman–Crippen MR) is 112 cm³/mol. The average Bonchev–Trinajstić information content (AvgIpc) is 3.15. The van der Waals surface area contributed by atoms with Gasteiger partial charge in [-0.15, -0.1) is 0 Å². The van der Waals surface area contributed by atoms with Crippen LogP contribution >= 0.6 is 0 Å². The molecule has 27 heavy (non-hydrogen) atoms. The SMILES string of the molecule is CC(C)(C)c1ccc(O)c(NC(=NCC2CCCO2)NC2CCCCC2)c1. The molecule has 5 heteroatoms. The van der Waals surface area contributed by atoms with Crippen molar-refractivity contribution in [2.24, 2.45) is 4.99 Å². The Hall–Kier alpha value is -1.75. The van der Waals surface area contributed by atoms with Crippen LogP contribution in [0.1, 0.15) is 71.3 Å². The molecule has 0 bridgehead atoms. The fourth-order valence-electron chi connectivity index (χ4n) is 3.77. The topological polar surface area (TPSA) is 65.9 Å². The number of guanidine groups is 1. The summed E-state index contributed by atoms with van der Waals surface area (Å²) in [5.41, 5.74) is 1.91. The van der Waals surface area contributed by atoms with Crippen LogP contribution in [0.4, 0.5) is 5.69 Å². The van der Waals surface area contributed by atoms with E-state index in [4.69, 9.17) is 9.73 Å². The maximum Gasteiger partial charge on any atom is 0.196 e. The second-order valence-electron chi connectivity index (χ2n) is 8.91. The van der Waals surface area contributed by atoms with Gasteiger partial charge in [0.2, 0.25) is 0 Å². The van der Waals surface area contributed by atoms with E-state index < -0.39 is 0 Å². The number of phenols is 1. The summed E-state index contributed by atoms with van der Waals surface area (Å²) in [6, 6.07) is 6.22. The summed E-state index contributed by atoms with van der Waals surface area (Å²) in [7, 11) is 0. The fourth-order valence-corrected chi connectivity index (χ4v) is 3.77. The Labute approximate surface area is 163 Å². The zero-order chi connectivity index (χ0) is 19.3. The quantitative estimate of drug-likeness (QED) is 0.411. The third-order valence-corrected chi connectivity index (χ3v) is 5.54. The number of phenolic OH excluding ortho intramolecular Hbond substituents is 1. The van der Waals surface area contributed by atoms with Crippen LogP contribution in [0.3, 0.4) is 0 Å². The molecule has 1 saturated heterocycles. The summed E-state index contributed by atoms with van der Waals surface area (Å²) in [5, 5.41) is 17.3. The monoisotopic (exact) mass is 373 g/mol. The van der Waals surface area contributed by atoms with Crippen LogP contribution in [0.25, 0.3) is 0 Å². The Morgan fingerprint density at radius 1 is 1.15 bits per heavy atom. The zero-order valence-corrected chi connectivity index (χ0v) is 17.1. The van der Waals surface area contributed by atoms with E-state index in [0.29, 0.717) is 18.3 Å². The molecule has 0 spiro atoms. The molecule has 1 saturated carbocycles. The number of aromatic hydroxyl groups is 1. The lowest BCUT2D eigenvalue weighted by Gasteiger charge is -2.26. The van der Waals surface area contributed by atoms with Crippen molar-refractivity contribution in [1.82, 2.24) is 5.32 Å². The van der Waals surface area contributed by atoms with Crippen LogP contribution in [-0.2, 0) is 10.2 Å². The number of benzene rings is 1. The smallest absolute Gasteiger partial charge is 0.196 e. The Morgan fingerprint density at radius 2 is 1.93 bits per heavy atom. The summed E-state index contributed by atoms with van der Waals surface area (Å²) in [6.07, 6.45) is 8.61. The number of hydrogen-bond donors (Lipinski definition) is 3. The molecule has 1 atom stereocenters. The largest absolute Gasteiger partial charge is 0.506 e. The molecular formula is C22H35N3O2. The molecule has 5 nitrogen and oxygen atoms in total. The van der Waals surface area contributed by atoms with Gasteiger partial charge >= 0.3 is 0 Å². The molecule has 1 aromatic carbocycles. The molecule has 2 aliphatic rings. The van der Waals surface area contributed by atoms with Crippen molar-refractivity contribution in [3.63, 3.8) is 0 Å². The summed E-state index contributed by atoms with van der Waals surface area (Å²) in [5.74, 6) is 0.997. The van der Waals surface area contributed by atoms with Crippen LogP contribution in [0.15, 0.2) is 23.2 Å². The first-order chi connectivity index (χ1) is 12.9. The fraction of sp³-hybridized carbons (Fsp3) is 0.682. The minimum Gasteiger partial charge on any atom is -0.506 e. The Kier molecular flexibility index (Phi) is 6.64. The number of anilines is 1. The van der Waals surface area contributed by atoms with Crippen molar-refractivity contribution >= 4 is 11.6 Å². The molecule has 1 aliphatic carbocycles. The predicted octanol–water partition coefficient (Wildman–Crippen LogP) is 4.56. The zero-order valence-electron chi connectivity index (χ0n) is 17.1. The molecule has 0 aromatic heterocycles. The molecule has 1 aliphatic heterocycles. The second kappa shape index (κ2) is 8.96. The number of ether oxygens (including phenoxy) is 1. The van der Waals surface area contributed by atoms with Gasteiger partial charge in [-0.1, -0.05) is 46.1 Å². The second-order valence-corrected chi connectivity index (χ2v) is 8.91. The lowest BCUT2D eigenvalue weighted by molar-refractivity contribution is 0.117. The van der Waals surface area contributed by atoms with Crippen molar-refractivity contribution in [3.8, 4) is 5.75 Å². The van der Waals surface area contributed by atoms with E-state index in [0.717, 1.165) is 25.4 Å².